The molecular weight excluding hydrogens is 188 g/mol. The smallest absolute Gasteiger partial charge is 0.0443 e. The molecule has 0 atom stereocenters. The van der Waals surface area contributed by atoms with Crippen LogP contribution in [0.25, 0.3) is 0 Å². The van der Waals surface area contributed by atoms with Crippen LogP contribution in [0, 0.1) is 0 Å². The molecule has 0 unspecified atom stereocenters. The van der Waals surface area contributed by atoms with E-state index in [1.807, 2.05) is 7.05 Å². The van der Waals surface area contributed by atoms with Gasteiger partial charge >= 0.3 is 0 Å². The molecule has 0 spiro atoms. The maximum atomic E-state index is 8.86. The predicted molar refractivity (Wildman–Crippen MR) is 64.0 cm³/mol. The highest BCUT2D eigenvalue weighted by atomic mass is 16.3. The van der Waals surface area contributed by atoms with Crippen LogP contribution in [0.15, 0.2) is 12.2 Å². The van der Waals surface area contributed by atoms with E-state index in [-0.39, 0.29) is 0 Å². The number of nitrogens with one attached hydrogen (secondary N) is 1. The molecule has 1 fully saturated rings. The molecule has 88 valence electrons. The van der Waals surface area contributed by atoms with Crippen molar-refractivity contribution in [2.24, 2.45) is 0 Å². The van der Waals surface area contributed by atoms with Crippen molar-refractivity contribution in [3.63, 3.8) is 0 Å². The van der Waals surface area contributed by atoms with Crippen LogP contribution in [0.4, 0.5) is 0 Å². The van der Waals surface area contributed by atoms with Crippen molar-refractivity contribution >= 4 is 0 Å². The average Bonchev–Trinajstić information content (AvgIpc) is 2.11. The Balaban J connectivity index is 2.30. The first-order valence-corrected chi connectivity index (χ1v) is 5.94. The summed E-state index contributed by atoms with van der Waals surface area (Å²) < 4.78 is 0. The number of nitrogens with zero attached hydrogens (tertiary/aromatic N) is 1. The zero-order valence-electron chi connectivity index (χ0n) is 9.84. The van der Waals surface area contributed by atoms with Crippen LogP contribution in [0.1, 0.15) is 25.7 Å². The fraction of sp³-hybridized carbons (Fsp3) is 0.833. The van der Waals surface area contributed by atoms with Crippen LogP contribution in [0.2, 0.25) is 0 Å². The standard InChI is InChI=1S/C12H24N2O/c1-11(9-13-2)10-14(7-4-8-15)12-5-3-6-12/h12-13,15H,1,3-10H2,2H3. The summed E-state index contributed by atoms with van der Waals surface area (Å²) in [5, 5.41) is 12.0. The van der Waals surface area contributed by atoms with E-state index in [0.717, 1.165) is 32.1 Å². The van der Waals surface area contributed by atoms with E-state index in [1.54, 1.807) is 0 Å². The van der Waals surface area contributed by atoms with E-state index in [2.05, 4.69) is 16.8 Å². The van der Waals surface area contributed by atoms with Crippen molar-refractivity contribution in [2.45, 2.75) is 31.7 Å². The van der Waals surface area contributed by atoms with Crippen molar-refractivity contribution in [1.29, 1.82) is 0 Å². The van der Waals surface area contributed by atoms with Gasteiger partial charge in [-0.25, -0.2) is 0 Å². The van der Waals surface area contributed by atoms with Crippen molar-refractivity contribution in [1.82, 2.24) is 10.2 Å². The summed E-state index contributed by atoms with van der Waals surface area (Å²) in [6.45, 7) is 7.23. The molecule has 0 aromatic heterocycles. The molecule has 3 nitrogen and oxygen atoms in total. The summed E-state index contributed by atoms with van der Waals surface area (Å²) in [5.41, 5.74) is 1.24. The van der Waals surface area contributed by atoms with Gasteiger partial charge in [-0.3, -0.25) is 4.90 Å². The predicted octanol–water partition coefficient (Wildman–Crippen LogP) is 0.999. The summed E-state index contributed by atoms with van der Waals surface area (Å²) in [7, 11) is 1.95. The highest BCUT2D eigenvalue weighted by Crippen LogP contribution is 2.25. The Labute approximate surface area is 93.2 Å². The molecule has 0 radical (unpaired) electrons. The van der Waals surface area contributed by atoms with E-state index >= 15 is 0 Å². The van der Waals surface area contributed by atoms with Gasteiger partial charge in [-0.05, 0) is 31.9 Å². The molecule has 1 rings (SSSR count). The molecule has 2 N–H and O–H groups in total. The Kier molecular flexibility index (Phi) is 5.91. The number of likely N-dealkylation sites (N-methyl/N-ethyl adjacent to an activating group) is 1. The average molecular weight is 212 g/mol. The maximum absolute atomic E-state index is 8.86. The Bertz CT molecular complexity index is 190. The van der Waals surface area contributed by atoms with E-state index in [4.69, 9.17) is 5.11 Å². The zero-order chi connectivity index (χ0) is 11.1. The second-order valence-corrected chi connectivity index (χ2v) is 4.41. The van der Waals surface area contributed by atoms with Gasteiger partial charge in [-0.15, -0.1) is 0 Å². The molecule has 1 saturated carbocycles. The largest absolute Gasteiger partial charge is 0.396 e. The normalized spacial score (nSPS) is 16.7. The first kappa shape index (κ1) is 12.7. The molecular formula is C12H24N2O. The monoisotopic (exact) mass is 212 g/mol. The summed E-state index contributed by atoms with van der Waals surface area (Å²) in [4.78, 5) is 2.47. The first-order chi connectivity index (χ1) is 7.27. The second kappa shape index (κ2) is 6.99. The zero-order valence-corrected chi connectivity index (χ0v) is 9.84. The Morgan fingerprint density at radius 1 is 1.53 bits per heavy atom. The van der Waals surface area contributed by atoms with Crippen molar-refractivity contribution in [2.75, 3.05) is 33.3 Å². The molecule has 0 aromatic carbocycles. The quantitative estimate of drug-likeness (QED) is 0.589. The third kappa shape index (κ3) is 4.33. The lowest BCUT2D eigenvalue weighted by molar-refractivity contribution is 0.126. The lowest BCUT2D eigenvalue weighted by Crippen LogP contribution is -2.42. The van der Waals surface area contributed by atoms with Crippen molar-refractivity contribution in [3.05, 3.63) is 12.2 Å². The topological polar surface area (TPSA) is 35.5 Å². The summed E-state index contributed by atoms with van der Waals surface area (Å²) in [6, 6.07) is 0.741. The molecule has 0 saturated heterocycles. The minimum Gasteiger partial charge on any atom is -0.396 e. The SMILES string of the molecule is C=C(CNC)CN(CCCO)C1CCC1. The van der Waals surface area contributed by atoms with Gasteiger partial charge in [0.05, 0.1) is 0 Å². The van der Waals surface area contributed by atoms with Gasteiger partial charge in [0.25, 0.3) is 0 Å². The third-order valence-electron chi connectivity index (χ3n) is 3.05. The van der Waals surface area contributed by atoms with E-state index in [1.165, 1.54) is 24.8 Å². The Morgan fingerprint density at radius 2 is 2.27 bits per heavy atom. The van der Waals surface area contributed by atoms with Gasteiger partial charge in [-0.1, -0.05) is 13.0 Å². The number of hydrogen-bond acceptors (Lipinski definition) is 3. The molecule has 0 aliphatic heterocycles. The summed E-state index contributed by atoms with van der Waals surface area (Å²) >= 11 is 0. The van der Waals surface area contributed by atoms with Crippen LogP contribution >= 0.6 is 0 Å². The van der Waals surface area contributed by atoms with Crippen LogP contribution < -0.4 is 5.32 Å². The lowest BCUT2D eigenvalue weighted by Gasteiger charge is -2.38. The molecule has 15 heavy (non-hydrogen) atoms. The van der Waals surface area contributed by atoms with Crippen molar-refractivity contribution < 1.29 is 5.11 Å². The van der Waals surface area contributed by atoms with Crippen LogP contribution in [-0.4, -0.2) is 49.3 Å². The van der Waals surface area contributed by atoms with Gasteiger partial charge in [0, 0.05) is 32.3 Å². The maximum Gasteiger partial charge on any atom is 0.0443 e. The second-order valence-electron chi connectivity index (χ2n) is 4.41. The fourth-order valence-electron chi connectivity index (χ4n) is 2.01. The minimum atomic E-state index is 0.293. The highest BCUT2D eigenvalue weighted by Gasteiger charge is 2.24. The van der Waals surface area contributed by atoms with Gasteiger partial charge in [0.1, 0.15) is 0 Å². The lowest BCUT2D eigenvalue weighted by atomic mass is 9.91. The van der Waals surface area contributed by atoms with Gasteiger partial charge in [-0.2, -0.15) is 0 Å². The van der Waals surface area contributed by atoms with Crippen molar-refractivity contribution in [3.8, 4) is 0 Å². The molecule has 0 amide bonds. The summed E-state index contributed by atoms with van der Waals surface area (Å²) in [5.74, 6) is 0. The van der Waals surface area contributed by atoms with Gasteiger partial charge in [0.2, 0.25) is 0 Å². The Morgan fingerprint density at radius 3 is 2.73 bits per heavy atom. The first-order valence-electron chi connectivity index (χ1n) is 5.94. The molecule has 0 heterocycles. The van der Waals surface area contributed by atoms with Crippen LogP contribution in [0.5, 0.6) is 0 Å². The van der Waals surface area contributed by atoms with Crippen LogP contribution in [0.3, 0.4) is 0 Å². The third-order valence-corrected chi connectivity index (χ3v) is 3.05. The highest BCUT2D eigenvalue weighted by molar-refractivity contribution is 5.01. The molecule has 0 aromatic rings. The Hall–Kier alpha value is -0.380. The minimum absolute atomic E-state index is 0.293. The number of hydrogen-bond donors (Lipinski definition) is 2. The van der Waals surface area contributed by atoms with E-state index in [0.29, 0.717) is 6.61 Å². The number of aliphatic hydroxyl groups is 1. The number of rotatable bonds is 8. The van der Waals surface area contributed by atoms with Gasteiger partial charge in [0.15, 0.2) is 0 Å². The molecule has 1 aliphatic rings. The van der Waals surface area contributed by atoms with E-state index in [9.17, 15) is 0 Å². The van der Waals surface area contributed by atoms with Crippen LogP contribution in [-0.2, 0) is 0 Å². The van der Waals surface area contributed by atoms with Gasteiger partial charge < -0.3 is 10.4 Å². The van der Waals surface area contributed by atoms with E-state index < -0.39 is 0 Å². The molecule has 0 bridgehead atoms. The fourth-order valence-corrected chi connectivity index (χ4v) is 2.01. The molecule has 1 aliphatic carbocycles. The summed E-state index contributed by atoms with van der Waals surface area (Å²) in [6.07, 6.45) is 4.87. The molecule has 3 heteroatoms. The number of aliphatic hydroxyl groups excluding tert-OH is 1.